The Hall–Kier alpha value is -0.640. The third-order valence-electron chi connectivity index (χ3n) is 1.08. The van der Waals surface area contributed by atoms with Crippen LogP contribution >= 0.6 is 0 Å². The lowest BCUT2D eigenvalue weighted by atomic mass is 10.5. The van der Waals surface area contributed by atoms with Crippen molar-refractivity contribution in [3.05, 3.63) is 0 Å². The molecule has 0 aliphatic rings. The Labute approximate surface area is 78.4 Å². The summed E-state index contributed by atoms with van der Waals surface area (Å²) in [5, 5.41) is -2.32. The summed E-state index contributed by atoms with van der Waals surface area (Å²) in [5.74, 6) is 0. The second-order valence-corrected chi connectivity index (χ2v) is 2.22. The van der Waals surface area contributed by atoms with Gasteiger partial charge in [-0.25, -0.2) is 0 Å². The van der Waals surface area contributed by atoms with Crippen LogP contribution in [0.15, 0.2) is 0 Å². The van der Waals surface area contributed by atoms with Crippen molar-refractivity contribution in [2.24, 2.45) is 0 Å². The van der Waals surface area contributed by atoms with Crippen LogP contribution in [-0.2, 0) is 4.84 Å². The molecule has 92 valence electrons. The molecule has 0 amide bonds. The summed E-state index contributed by atoms with van der Waals surface area (Å²) in [4.78, 5) is 3.24. The van der Waals surface area contributed by atoms with Crippen molar-refractivity contribution >= 4 is 0 Å². The van der Waals surface area contributed by atoms with Crippen LogP contribution in [0.1, 0.15) is 6.92 Å². The van der Waals surface area contributed by atoms with Crippen LogP contribution in [0.25, 0.3) is 0 Å². The third-order valence-corrected chi connectivity index (χ3v) is 1.08. The molecule has 0 aromatic heterocycles. The Morgan fingerprint density at radius 1 is 0.933 bits per heavy atom. The van der Waals surface area contributed by atoms with E-state index in [9.17, 15) is 35.1 Å². The fourth-order valence-corrected chi connectivity index (χ4v) is 0.558. The van der Waals surface area contributed by atoms with Crippen LogP contribution in [0.5, 0.6) is 0 Å². The van der Waals surface area contributed by atoms with Gasteiger partial charge in [0, 0.05) is 0 Å². The summed E-state index contributed by atoms with van der Waals surface area (Å²) in [6.07, 6.45) is -12.3. The molecule has 0 aromatic rings. The normalized spacial score (nSPS) is 14.8. The predicted octanol–water partition coefficient (Wildman–Crippen LogP) is 2.91. The molecule has 0 fully saturated rings. The van der Waals surface area contributed by atoms with Crippen LogP contribution in [-0.4, -0.2) is 30.2 Å². The van der Waals surface area contributed by atoms with Crippen LogP contribution in [0.4, 0.5) is 35.1 Å². The molecular formula is C5H5F8NO. The van der Waals surface area contributed by atoms with E-state index in [2.05, 4.69) is 4.84 Å². The van der Waals surface area contributed by atoms with Crippen molar-refractivity contribution < 1.29 is 40.0 Å². The van der Waals surface area contributed by atoms with E-state index >= 15 is 0 Å². The Kier molecular flexibility index (Phi) is 3.91. The lowest BCUT2D eigenvalue weighted by molar-refractivity contribution is -0.498. The van der Waals surface area contributed by atoms with Gasteiger partial charge in [0.05, 0.1) is 6.61 Å². The van der Waals surface area contributed by atoms with E-state index in [4.69, 9.17) is 0 Å². The first-order chi connectivity index (χ1) is 6.44. The van der Waals surface area contributed by atoms with Crippen molar-refractivity contribution in [1.82, 2.24) is 5.06 Å². The summed E-state index contributed by atoms with van der Waals surface area (Å²) in [7, 11) is 0. The molecule has 0 aromatic carbocycles. The average Bonchev–Trinajstić information content (AvgIpc) is 1.95. The fourth-order valence-electron chi connectivity index (χ4n) is 0.558. The quantitative estimate of drug-likeness (QED) is 0.432. The summed E-state index contributed by atoms with van der Waals surface area (Å²) in [6, 6.07) is -6.12. The van der Waals surface area contributed by atoms with Gasteiger partial charge in [-0.3, -0.25) is 4.84 Å². The smallest absolute Gasteiger partial charge is 0.286 e. The van der Waals surface area contributed by atoms with E-state index in [1.54, 1.807) is 0 Å². The highest BCUT2D eigenvalue weighted by Gasteiger charge is 2.69. The van der Waals surface area contributed by atoms with Gasteiger partial charge in [0.1, 0.15) is 0 Å². The zero-order valence-corrected chi connectivity index (χ0v) is 7.09. The molecule has 10 heteroatoms. The fraction of sp³-hybridized carbons (Fsp3) is 1.00. The highest BCUT2D eigenvalue weighted by atomic mass is 19.4. The summed E-state index contributed by atoms with van der Waals surface area (Å²) in [6.45, 7) is -0.142. The van der Waals surface area contributed by atoms with Crippen LogP contribution in [0.3, 0.4) is 0 Å². The van der Waals surface area contributed by atoms with E-state index in [0.717, 1.165) is 6.92 Å². The number of rotatable bonds is 3. The first-order valence-corrected chi connectivity index (χ1v) is 3.39. The molecule has 2 nitrogen and oxygen atoms in total. The van der Waals surface area contributed by atoms with Crippen molar-refractivity contribution in [1.29, 1.82) is 0 Å². The van der Waals surface area contributed by atoms with Crippen molar-refractivity contribution in [3.8, 4) is 0 Å². The van der Waals surface area contributed by atoms with Crippen LogP contribution < -0.4 is 0 Å². The van der Waals surface area contributed by atoms with Gasteiger partial charge in [-0.1, -0.05) is 0 Å². The molecule has 0 unspecified atom stereocenters. The van der Waals surface area contributed by atoms with Gasteiger partial charge in [-0.15, -0.1) is 0 Å². The van der Waals surface area contributed by atoms with Gasteiger partial charge in [0.15, 0.2) is 0 Å². The van der Waals surface area contributed by atoms with E-state index in [0.29, 0.717) is 0 Å². The third kappa shape index (κ3) is 3.16. The highest BCUT2D eigenvalue weighted by molar-refractivity contribution is 4.73. The van der Waals surface area contributed by atoms with E-state index < -0.39 is 30.2 Å². The molecular weight excluding hydrogens is 242 g/mol. The standard InChI is InChI=1S/C5H5F8NO/c1-2-15-14(5(11,12)13)4(9,10)3(6,7)8/h2H2,1H3. The van der Waals surface area contributed by atoms with Gasteiger partial charge >= 0.3 is 18.5 Å². The summed E-state index contributed by atoms with van der Waals surface area (Å²) < 4.78 is 94.4. The zero-order chi connectivity index (χ0) is 12.5. The van der Waals surface area contributed by atoms with E-state index in [-0.39, 0.29) is 0 Å². The molecule has 0 aliphatic heterocycles. The Morgan fingerprint density at radius 3 is 1.53 bits per heavy atom. The van der Waals surface area contributed by atoms with Gasteiger partial charge in [-0.2, -0.15) is 35.1 Å². The minimum absolute atomic E-state index is 0.838. The second kappa shape index (κ2) is 4.08. The summed E-state index contributed by atoms with van der Waals surface area (Å²) >= 11 is 0. The van der Waals surface area contributed by atoms with Gasteiger partial charge in [-0.05, 0) is 12.0 Å². The zero-order valence-electron chi connectivity index (χ0n) is 7.09. The van der Waals surface area contributed by atoms with Gasteiger partial charge in [0.25, 0.3) is 0 Å². The predicted molar refractivity (Wildman–Crippen MR) is 30.5 cm³/mol. The summed E-state index contributed by atoms with van der Waals surface area (Å²) in [5.41, 5.74) is 0. The molecule has 0 atom stereocenters. The van der Waals surface area contributed by atoms with Gasteiger partial charge < -0.3 is 0 Å². The maximum Gasteiger partial charge on any atom is 0.488 e. The number of hydrogen-bond donors (Lipinski definition) is 0. The van der Waals surface area contributed by atoms with Gasteiger partial charge in [0.2, 0.25) is 0 Å². The topological polar surface area (TPSA) is 12.5 Å². The molecule has 0 aliphatic carbocycles. The lowest BCUT2D eigenvalue weighted by Crippen LogP contribution is -2.57. The number of nitrogens with zero attached hydrogens (tertiary/aromatic N) is 1. The molecule has 0 bridgehead atoms. The maximum absolute atomic E-state index is 12.2. The number of halogens is 8. The molecule has 0 saturated heterocycles. The number of hydrogen-bond acceptors (Lipinski definition) is 2. The lowest BCUT2D eigenvalue weighted by Gasteiger charge is -2.31. The minimum atomic E-state index is -6.38. The Bertz CT molecular complexity index is 208. The number of alkyl halides is 8. The maximum atomic E-state index is 12.2. The minimum Gasteiger partial charge on any atom is -0.286 e. The van der Waals surface area contributed by atoms with Crippen molar-refractivity contribution in [2.45, 2.75) is 25.4 Å². The van der Waals surface area contributed by atoms with E-state index in [1.165, 1.54) is 0 Å². The molecule has 0 N–H and O–H groups in total. The molecule has 0 saturated carbocycles. The van der Waals surface area contributed by atoms with Crippen molar-refractivity contribution in [3.63, 3.8) is 0 Å². The molecule has 15 heavy (non-hydrogen) atoms. The largest absolute Gasteiger partial charge is 0.488 e. The molecule has 0 rings (SSSR count). The monoisotopic (exact) mass is 247 g/mol. The second-order valence-electron chi connectivity index (χ2n) is 2.22. The Balaban J connectivity index is 5.08. The molecule has 0 heterocycles. The first-order valence-electron chi connectivity index (χ1n) is 3.39. The van der Waals surface area contributed by atoms with Crippen LogP contribution in [0, 0.1) is 0 Å². The first kappa shape index (κ1) is 14.4. The number of hydroxylamine groups is 2. The van der Waals surface area contributed by atoms with E-state index in [1.807, 2.05) is 0 Å². The SMILES string of the molecule is CCON(C(F)(F)F)C(F)(F)C(F)(F)F. The van der Waals surface area contributed by atoms with Crippen LogP contribution in [0.2, 0.25) is 0 Å². The van der Waals surface area contributed by atoms with Crippen molar-refractivity contribution in [2.75, 3.05) is 6.61 Å². The Morgan fingerprint density at radius 2 is 1.33 bits per heavy atom. The highest BCUT2D eigenvalue weighted by Crippen LogP contribution is 2.43. The molecule has 0 radical (unpaired) electrons. The average molecular weight is 247 g/mol. The molecule has 0 spiro atoms.